The molecule has 86 valence electrons. The molecule has 17 heavy (non-hydrogen) atoms. The molecule has 0 radical (unpaired) electrons. The minimum atomic E-state index is -0.472. The van der Waals surface area contributed by atoms with Crippen molar-refractivity contribution in [3.63, 3.8) is 0 Å². The first-order valence-corrected chi connectivity index (χ1v) is 5.08. The summed E-state index contributed by atoms with van der Waals surface area (Å²) in [7, 11) is 1.31. The van der Waals surface area contributed by atoms with Crippen molar-refractivity contribution < 1.29 is 14.3 Å². The average molecular weight is 229 g/mol. The van der Waals surface area contributed by atoms with Crippen molar-refractivity contribution >= 4 is 28.8 Å². The van der Waals surface area contributed by atoms with E-state index in [-0.39, 0.29) is 0 Å². The maximum Gasteiger partial charge on any atom is 0.339 e. The van der Waals surface area contributed by atoms with Gasteiger partial charge in [-0.3, -0.25) is 4.79 Å². The summed E-state index contributed by atoms with van der Waals surface area (Å²) in [6.45, 7) is 0. The number of hydrogen-bond acceptors (Lipinski definition) is 3. The Balaban J connectivity index is 2.72. The molecule has 0 unspecified atom stereocenters. The molecule has 2 aromatic carbocycles. The van der Waals surface area contributed by atoms with Gasteiger partial charge in [0, 0.05) is 5.39 Å². The highest BCUT2D eigenvalue weighted by Gasteiger charge is 2.13. The molecule has 4 nitrogen and oxygen atoms in total. The van der Waals surface area contributed by atoms with E-state index in [1.165, 1.54) is 7.11 Å². The second kappa shape index (κ2) is 4.65. The predicted molar refractivity (Wildman–Crippen MR) is 65.0 cm³/mol. The zero-order valence-corrected chi connectivity index (χ0v) is 9.27. The van der Waals surface area contributed by atoms with Gasteiger partial charge in [-0.25, -0.2) is 4.79 Å². The van der Waals surface area contributed by atoms with Gasteiger partial charge in [-0.2, -0.15) is 0 Å². The van der Waals surface area contributed by atoms with Gasteiger partial charge in [-0.05, 0) is 11.5 Å². The first-order chi connectivity index (χ1) is 8.27. The second-order valence-electron chi connectivity index (χ2n) is 3.46. The fourth-order valence-corrected chi connectivity index (χ4v) is 1.77. The summed E-state index contributed by atoms with van der Waals surface area (Å²) >= 11 is 0. The smallest absolute Gasteiger partial charge is 0.339 e. The van der Waals surface area contributed by atoms with Crippen molar-refractivity contribution in [2.75, 3.05) is 12.4 Å². The highest BCUT2D eigenvalue weighted by Crippen LogP contribution is 2.27. The third kappa shape index (κ3) is 1.97. The minimum absolute atomic E-state index is 0.346. The molecular weight excluding hydrogens is 218 g/mol. The maximum atomic E-state index is 11.6. The number of nitrogens with one attached hydrogen (secondary N) is 1. The molecule has 0 aromatic heterocycles. The lowest BCUT2D eigenvalue weighted by atomic mass is 10.0. The summed E-state index contributed by atoms with van der Waals surface area (Å²) in [6, 6.07) is 10.9. The third-order valence-corrected chi connectivity index (χ3v) is 2.54. The van der Waals surface area contributed by atoms with Crippen LogP contribution in [0.2, 0.25) is 0 Å². The van der Waals surface area contributed by atoms with Gasteiger partial charge in [0.25, 0.3) is 0 Å². The van der Waals surface area contributed by atoms with E-state index >= 15 is 0 Å². The monoisotopic (exact) mass is 229 g/mol. The SMILES string of the molecule is COC(=O)c1ccc2ccccc2c1NC=O. The lowest BCUT2D eigenvalue weighted by Crippen LogP contribution is -2.07. The Morgan fingerprint density at radius 2 is 2.00 bits per heavy atom. The fraction of sp³-hybridized carbons (Fsp3) is 0.0769. The van der Waals surface area contributed by atoms with E-state index in [1.54, 1.807) is 6.07 Å². The minimum Gasteiger partial charge on any atom is -0.465 e. The standard InChI is InChI=1S/C13H11NO3/c1-17-13(16)11-7-6-9-4-2-3-5-10(9)12(11)14-8-15/h2-8H,1H3,(H,14,15). The van der Waals surface area contributed by atoms with Crippen molar-refractivity contribution in [1.82, 2.24) is 0 Å². The molecule has 1 N–H and O–H groups in total. The molecule has 2 aromatic rings. The van der Waals surface area contributed by atoms with Crippen molar-refractivity contribution in [2.45, 2.75) is 0 Å². The lowest BCUT2D eigenvalue weighted by molar-refractivity contribution is -0.105. The van der Waals surface area contributed by atoms with E-state index < -0.39 is 5.97 Å². The zero-order valence-electron chi connectivity index (χ0n) is 9.27. The number of hydrogen-bond donors (Lipinski definition) is 1. The van der Waals surface area contributed by atoms with Crippen LogP contribution in [-0.4, -0.2) is 19.5 Å². The Kier molecular flexibility index (Phi) is 3.05. The van der Waals surface area contributed by atoms with Crippen LogP contribution >= 0.6 is 0 Å². The Morgan fingerprint density at radius 3 is 2.71 bits per heavy atom. The Labute approximate surface area is 98.2 Å². The van der Waals surface area contributed by atoms with Gasteiger partial charge in [0.2, 0.25) is 6.41 Å². The summed E-state index contributed by atoms with van der Waals surface area (Å²) < 4.78 is 4.68. The second-order valence-corrected chi connectivity index (χ2v) is 3.46. The van der Waals surface area contributed by atoms with Gasteiger partial charge in [-0.15, -0.1) is 0 Å². The predicted octanol–water partition coefficient (Wildman–Crippen LogP) is 2.19. The number of benzene rings is 2. The van der Waals surface area contributed by atoms with E-state index in [0.29, 0.717) is 17.7 Å². The number of ether oxygens (including phenoxy) is 1. The fourth-order valence-electron chi connectivity index (χ4n) is 1.77. The van der Waals surface area contributed by atoms with Crippen LogP contribution in [0.15, 0.2) is 36.4 Å². The van der Waals surface area contributed by atoms with Crippen LogP contribution in [0.3, 0.4) is 0 Å². The van der Waals surface area contributed by atoms with Gasteiger partial charge in [0.15, 0.2) is 0 Å². The molecule has 0 saturated carbocycles. The van der Waals surface area contributed by atoms with Crippen molar-refractivity contribution in [2.24, 2.45) is 0 Å². The molecule has 0 aliphatic rings. The molecule has 0 aliphatic heterocycles. The number of anilines is 1. The first kappa shape index (κ1) is 11.1. The van der Waals surface area contributed by atoms with Crippen LogP contribution in [-0.2, 0) is 9.53 Å². The van der Waals surface area contributed by atoms with Crippen LogP contribution in [0, 0.1) is 0 Å². The van der Waals surface area contributed by atoms with Crippen LogP contribution in [0.4, 0.5) is 5.69 Å². The van der Waals surface area contributed by atoms with E-state index in [0.717, 1.165) is 10.8 Å². The topological polar surface area (TPSA) is 55.4 Å². The molecule has 1 amide bonds. The molecule has 0 spiro atoms. The van der Waals surface area contributed by atoms with Crippen LogP contribution < -0.4 is 5.32 Å². The number of carbonyl (C=O) groups excluding carboxylic acids is 2. The van der Waals surface area contributed by atoms with E-state index in [2.05, 4.69) is 10.1 Å². The first-order valence-electron chi connectivity index (χ1n) is 5.08. The number of rotatable bonds is 3. The van der Waals surface area contributed by atoms with Gasteiger partial charge in [-0.1, -0.05) is 30.3 Å². The Bertz CT molecular complexity index is 578. The Hall–Kier alpha value is -2.36. The maximum absolute atomic E-state index is 11.6. The molecule has 0 atom stereocenters. The molecule has 0 aliphatic carbocycles. The molecule has 2 rings (SSSR count). The number of fused-ring (bicyclic) bond motifs is 1. The summed E-state index contributed by atoms with van der Waals surface area (Å²) in [6.07, 6.45) is 0.550. The van der Waals surface area contributed by atoms with Crippen molar-refractivity contribution in [1.29, 1.82) is 0 Å². The summed E-state index contributed by atoms with van der Waals surface area (Å²) in [5.74, 6) is -0.472. The highest BCUT2D eigenvalue weighted by molar-refractivity contribution is 6.08. The van der Waals surface area contributed by atoms with Crippen LogP contribution in [0.25, 0.3) is 10.8 Å². The largest absolute Gasteiger partial charge is 0.465 e. The molecular formula is C13H11NO3. The summed E-state index contributed by atoms with van der Waals surface area (Å²) in [5.41, 5.74) is 0.822. The molecule has 0 heterocycles. The van der Waals surface area contributed by atoms with Crippen LogP contribution in [0.5, 0.6) is 0 Å². The molecule has 4 heteroatoms. The van der Waals surface area contributed by atoms with Gasteiger partial charge in [0.05, 0.1) is 18.4 Å². The molecule has 0 fully saturated rings. The van der Waals surface area contributed by atoms with Crippen LogP contribution in [0.1, 0.15) is 10.4 Å². The summed E-state index contributed by atoms with van der Waals surface area (Å²) in [4.78, 5) is 22.2. The zero-order chi connectivity index (χ0) is 12.3. The van der Waals surface area contributed by atoms with Gasteiger partial charge < -0.3 is 10.1 Å². The number of carbonyl (C=O) groups is 2. The lowest BCUT2D eigenvalue weighted by Gasteiger charge is -2.10. The van der Waals surface area contributed by atoms with Gasteiger partial charge >= 0.3 is 5.97 Å². The van der Waals surface area contributed by atoms with Gasteiger partial charge in [0.1, 0.15) is 0 Å². The number of methoxy groups -OCH3 is 1. The number of esters is 1. The molecule has 0 saturated heterocycles. The normalized spacial score (nSPS) is 9.94. The van der Waals surface area contributed by atoms with Crippen molar-refractivity contribution in [3.05, 3.63) is 42.0 Å². The van der Waals surface area contributed by atoms with E-state index in [4.69, 9.17) is 0 Å². The highest BCUT2D eigenvalue weighted by atomic mass is 16.5. The average Bonchev–Trinajstić information content (AvgIpc) is 2.38. The Morgan fingerprint density at radius 1 is 1.24 bits per heavy atom. The van der Waals surface area contributed by atoms with Crippen molar-refractivity contribution in [3.8, 4) is 0 Å². The molecule has 0 bridgehead atoms. The number of amides is 1. The van der Waals surface area contributed by atoms with E-state index in [9.17, 15) is 9.59 Å². The summed E-state index contributed by atoms with van der Waals surface area (Å²) in [5, 5.41) is 4.31. The third-order valence-electron chi connectivity index (χ3n) is 2.54. The van der Waals surface area contributed by atoms with E-state index in [1.807, 2.05) is 30.3 Å². The quantitative estimate of drug-likeness (QED) is 0.648.